The van der Waals surface area contributed by atoms with E-state index in [1.165, 1.54) is 12.8 Å². The Morgan fingerprint density at radius 3 is 2.68 bits per heavy atom. The Bertz CT molecular complexity index is 401. The zero-order chi connectivity index (χ0) is 13.5. The molecule has 104 valence electrons. The number of hydrogen-bond acceptors (Lipinski definition) is 2. The van der Waals surface area contributed by atoms with Gasteiger partial charge in [-0.1, -0.05) is 25.1 Å². The first kappa shape index (κ1) is 13.7. The molecule has 0 radical (unpaired) electrons. The van der Waals surface area contributed by atoms with Gasteiger partial charge in [0.1, 0.15) is 11.9 Å². The van der Waals surface area contributed by atoms with E-state index in [0.29, 0.717) is 6.04 Å². The van der Waals surface area contributed by atoms with Crippen LogP contribution in [0.25, 0.3) is 0 Å². The van der Waals surface area contributed by atoms with Crippen molar-refractivity contribution in [2.75, 3.05) is 13.6 Å². The molecule has 4 heteroatoms. The van der Waals surface area contributed by atoms with Crippen molar-refractivity contribution < 1.29 is 4.74 Å². The van der Waals surface area contributed by atoms with Crippen LogP contribution in [0, 0.1) is 0 Å². The number of aliphatic imine (C=N–C) groups is 1. The fourth-order valence-corrected chi connectivity index (χ4v) is 1.79. The quantitative estimate of drug-likeness (QED) is 0.609. The van der Waals surface area contributed by atoms with Gasteiger partial charge >= 0.3 is 0 Å². The second-order valence-electron chi connectivity index (χ2n) is 4.83. The number of para-hydroxylation sites is 1. The lowest BCUT2D eigenvalue weighted by Crippen LogP contribution is -2.43. The van der Waals surface area contributed by atoms with Crippen LogP contribution in [0.2, 0.25) is 0 Å². The largest absolute Gasteiger partial charge is 0.489 e. The summed E-state index contributed by atoms with van der Waals surface area (Å²) in [5, 5.41) is 6.69. The molecule has 0 amide bonds. The zero-order valence-corrected chi connectivity index (χ0v) is 11.7. The summed E-state index contributed by atoms with van der Waals surface area (Å²) >= 11 is 0. The number of benzene rings is 1. The van der Waals surface area contributed by atoms with Crippen molar-refractivity contribution in [2.45, 2.75) is 38.3 Å². The molecule has 0 aliphatic heterocycles. The van der Waals surface area contributed by atoms with Crippen molar-refractivity contribution in [3.05, 3.63) is 30.3 Å². The topological polar surface area (TPSA) is 45.7 Å². The molecule has 0 bridgehead atoms. The number of ether oxygens (including phenoxy) is 1. The van der Waals surface area contributed by atoms with Gasteiger partial charge in [-0.2, -0.15) is 0 Å². The van der Waals surface area contributed by atoms with Crippen molar-refractivity contribution >= 4 is 5.96 Å². The molecule has 2 rings (SSSR count). The van der Waals surface area contributed by atoms with Crippen LogP contribution in [0.15, 0.2) is 35.3 Å². The van der Waals surface area contributed by atoms with E-state index in [9.17, 15) is 0 Å². The third-order valence-electron chi connectivity index (χ3n) is 3.14. The standard InChI is InChI=1S/C15H23N3O/c1-3-13(19-14-7-5-4-6-8-14)11-17-15(16-2)18-12-9-10-12/h4-8,12-13H,3,9-11H2,1-2H3,(H2,16,17,18). The van der Waals surface area contributed by atoms with E-state index in [1.54, 1.807) is 7.05 Å². The van der Waals surface area contributed by atoms with Gasteiger partial charge < -0.3 is 15.4 Å². The molecule has 2 N–H and O–H groups in total. The minimum Gasteiger partial charge on any atom is -0.489 e. The van der Waals surface area contributed by atoms with Gasteiger partial charge in [-0.15, -0.1) is 0 Å². The molecule has 1 fully saturated rings. The highest BCUT2D eigenvalue weighted by Crippen LogP contribution is 2.18. The molecular weight excluding hydrogens is 238 g/mol. The summed E-state index contributed by atoms with van der Waals surface area (Å²) in [6.45, 7) is 2.89. The van der Waals surface area contributed by atoms with Crippen molar-refractivity contribution in [1.29, 1.82) is 0 Å². The Balaban J connectivity index is 1.78. The van der Waals surface area contributed by atoms with Crippen LogP contribution < -0.4 is 15.4 Å². The maximum absolute atomic E-state index is 5.93. The molecule has 4 nitrogen and oxygen atoms in total. The molecule has 1 aromatic rings. The first-order chi connectivity index (χ1) is 9.31. The smallest absolute Gasteiger partial charge is 0.191 e. The molecule has 0 heterocycles. The molecule has 0 saturated heterocycles. The van der Waals surface area contributed by atoms with Crippen molar-refractivity contribution in [3.63, 3.8) is 0 Å². The van der Waals surface area contributed by atoms with Crippen LogP contribution in [-0.4, -0.2) is 31.7 Å². The molecule has 1 aliphatic rings. The first-order valence-electron chi connectivity index (χ1n) is 7.00. The van der Waals surface area contributed by atoms with Crippen molar-refractivity contribution in [1.82, 2.24) is 10.6 Å². The predicted molar refractivity (Wildman–Crippen MR) is 78.7 cm³/mol. The molecule has 0 aromatic heterocycles. The second-order valence-corrected chi connectivity index (χ2v) is 4.83. The van der Waals surface area contributed by atoms with E-state index in [-0.39, 0.29) is 6.10 Å². The summed E-state index contributed by atoms with van der Waals surface area (Å²) in [6, 6.07) is 10.6. The third-order valence-corrected chi connectivity index (χ3v) is 3.14. The van der Waals surface area contributed by atoms with E-state index in [0.717, 1.165) is 24.7 Å². The monoisotopic (exact) mass is 261 g/mol. The van der Waals surface area contributed by atoms with Gasteiger partial charge in [0, 0.05) is 13.1 Å². The highest BCUT2D eigenvalue weighted by atomic mass is 16.5. The summed E-state index contributed by atoms with van der Waals surface area (Å²) in [5.41, 5.74) is 0. The summed E-state index contributed by atoms with van der Waals surface area (Å²) in [6.07, 6.45) is 3.61. The highest BCUT2D eigenvalue weighted by molar-refractivity contribution is 5.80. The van der Waals surface area contributed by atoms with E-state index < -0.39 is 0 Å². The van der Waals surface area contributed by atoms with Crippen LogP contribution in [0.3, 0.4) is 0 Å². The Kier molecular flexibility index (Phi) is 5.07. The summed E-state index contributed by atoms with van der Waals surface area (Å²) < 4.78 is 5.93. The van der Waals surface area contributed by atoms with Crippen LogP contribution in [-0.2, 0) is 0 Å². The fraction of sp³-hybridized carbons (Fsp3) is 0.533. The molecule has 1 aromatic carbocycles. The average Bonchev–Trinajstić information content (AvgIpc) is 3.27. The van der Waals surface area contributed by atoms with E-state index in [4.69, 9.17) is 4.74 Å². The number of hydrogen-bond donors (Lipinski definition) is 2. The maximum atomic E-state index is 5.93. The molecule has 1 unspecified atom stereocenters. The average molecular weight is 261 g/mol. The molecule has 0 spiro atoms. The van der Waals surface area contributed by atoms with Gasteiger partial charge in [0.25, 0.3) is 0 Å². The SMILES string of the molecule is CCC(CNC(=NC)NC1CC1)Oc1ccccc1. The van der Waals surface area contributed by atoms with Crippen LogP contribution >= 0.6 is 0 Å². The van der Waals surface area contributed by atoms with E-state index in [2.05, 4.69) is 22.5 Å². The number of guanidine groups is 1. The summed E-state index contributed by atoms with van der Waals surface area (Å²) in [4.78, 5) is 4.22. The third kappa shape index (κ3) is 4.81. The molecule has 19 heavy (non-hydrogen) atoms. The number of nitrogens with zero attached hydrogens (tertiary/aromatic N) is 1. The number of nitrogens with one attached hydrogen (secondary N) is 2. The second kappa shape index (κ2) is 7.02. The maximum Gasteiger partial charge on any atom is 0.191 e. The van der Waals surface area contributed by atoms with Gasteiger partial charge in [0.05, 0.1) is 6.54 Å². The molecule has 1 saturated carbocycles. The van der Waals surface area contributed by atoms with Crippen LogP contribution in [0.1, 0.15) is 26.2 Å². The Labute approximate surface area is 115 Å². The van der Waals surface area contributed by atoms with Crippen molar-refractivity contribution in [2.24, 2.45) is 4.99 Å². The van der Waals surface area contributed by atoms with E-state index >= 15 is 0 Å². The lowest BCUT2D eigenvalue weighted by atomic mass is 10.2. The van der Waals surface area contributed by atoms with Gasteiger partial charge in [-0.3, -0.25) is 4.99 Å². The first-order valence-corrected chi connectivity index (χ1v) is 7.00. The highest BCUT2D eigenvalue weighted by Gasteiger charge is 2.22. The lowest BCUT2D eigenvalue weighted by Gasteiger charge is -2.19. The predicted octanol–water partition coefficient (Wildman–Crippen LogP) is 2.17. The molecule has 1 aliphatic carbocycles. The molecular formula is C15H23N3O. The van der Waals surface area contributed by atoms with Gasteiger partial charge in [0.15, 0.2) is 5.96 Å². The zero-order valence-electron chi connectivity index (χ0n) is 11.7. The van der Waals surface area contributed by atoms with Crippen molar-refractivity contribution in [3.8, 4) is 5.75 Å². The Morgan fingerprint density at radius 1 is 1.37 bits per heavy atom. The van der Waals surface area contributed by atoms with Gasteiger partial charge in [0.2, 0.25) is 0 Å². The molecule has 1 atom stereocenters. The normalized spacial score (nSPS) is 16.8. The lowest BCUT2D eigenvalue weighted by molar-refractivity contribution is 0.199. The van der Waals surface area contributed by atoms with Crippen LogP contribution in [0.4, 0.5) is 0 Å². The Hall–Kier alpha value is -1.71. The van der Waals surface area contributed by atoms with Crippen LogP contribution in [0.5, 0.6) is 5.75 Å². The Morgan fingerprint density at radius 2 is 2.11 bits per heavy atom. The summed E-state index contributed by atoms with van der Waals surface area (Å²) in [7, 11) is 1.80. The van der Waals surface area contributed by atoms with Gasteiger partial charge in [-0.25, -0.2) is 0 Å². The minimum absolute atomic E-state index is 0.153. The number of rotatable bonds is 6. The van der Waals surface area contributed by atoms with Gasteiger partial charge in [-0.05, 0) is 31.4 Å². The summed E-state index contributed by atoms with van der Waals surface area (Å²) in [5.74, 6) is 1.79. The van der Waals surface area contributed by atoms with E-state index in [1.807, 2.05) is 30.3 Å². The fourth-order valence-electron chi connectivity index (χ4n) is 1.79. The minimum atomic E-state index is 0.153.